The summed E-state index contributed by atoms with van der Waals surface area (Å²) in [4.78, 5) is 27.3. The SMILES string of the molecule is O=C1CC(CBr)CN1c1cc(=O)cc[nH]1. The van der Waals surface area contributed by atoms with Crippen molar-refractivity contribution >= 4 is 27.7 Å². The maximum absolute atomic E-state index is 11.6. The predicted molar refractivity (Wildman–Crippen MR) is 61.3 cm³/mol. The minimum Gasteiger partial charge on any atom is -0.348 e. The molecule has 2 rings (SSSR count). The van der Waals surface area contributed by atoms with Crippen LogP contribution in [0.3, 0.4) is 0 Å². The van der Waals surface area contributed by atoms with Crippen LogP contribution in [0.15, 0.2) is 23.1 Å². The number of pyridine rings is 1. The minimum atomic E-state index is -0.0844. The Morgan fingerprint density at radius 2 is 2.33 bits per heavy atom. The number of carbonyl (C=O) groups excluding carboxylic acids is 1. The molecule has 1 aromatic heterocycles. The molecule has 2 heterocycles. The van der Waals surface area contributed by atoms with E-state index in [0.29, 0.717) is 24.7 Å². The zero-order valence-corrected chi connectivity index (χ0v) is 9.66. The van der Waals surface area contributed by atoms with Gasteiger partial charge >= 0.3 is 0 Å². The van der Waals surface area contributed by atoms with Crippen LogP contribution in [0, 0.1) is 5.92 Å². The van der Waals surface area contributed by atoms with E-state index < -0.39 is 0 Å². The molecule has 0 aliphatic carbocycles. The highest BCUT2D eigenvalue weighted by Gasteiger charge is 2.30. The van der Waals surface area contributed by atoms with Crippen molar-refractivity contribution in [3.05, 3.63) is 28.6 Å². The number of hydrogen-bond donors (Lipinski definition) is 1. The number of rotatable bonds is 2. The Hall–Kier alpha value is -1.10. The lowest BCUT2D eigenvalue weighted by Gasteiger charge is -2.15. The van der Waals surface area contributed by atoms with Crippen molar-refractivity contribution in [2.24, 2.45) is 5.92 Å². The minimum absolute atomic E-state index is 0.0706. The highest BCUT2D eigenvalue weighted by Crippen LogP contribution is 2.23. The van der Waals surface area contributed by atoms with Gasteiger partial charge in [0.15, 0.2) is 5.43 Å². The molecule has 15 heavy (non-hydrogen) atoms. The lowest BCUT2D eigenvalue weighted by atomic mass is 10.2. The first kappa shape index (κ1) is 10.4. The van der Waals surface area contributed by atoms with Crippen LogP contribution in [0.5, 0.6) is 0 Å². The number of nitrogens with one attached hydrogen (secondary N) is 1. The van der Waals surface area contributed by atoms with Gasteiger partial charge in [-0.3, -0.25) is 14.5 Å². The normalized spacial score (nSPS) is 21.0. The lowest BCUT2D eigenvalue weighted by molar-refractivity contribution is -0.117. The van der Waals surface area contributed by atoms with E-state index in [1.807, 2.05) is 0 Å². The van der Waals surface area contributed by atoms with Crippen molar-refractivity contribution in [3.8, 4) is 0 Å². The molecule has 1 aromatic rings. The van der Waals surface area contributed by atoms with E-state index >= 15 is 0 Å². The highest BCUT2D eigenvalue weighted by atomic mass is 79.9. The van der Waals surface area contributed by atoms with Crippen molar-refractivity contribution in [3.63, 3.8) is 0 Å². The van der Waals surface area contributed by atoms with Crippen molar-refractivity contribution in [1.29, 1.82) is 0 Å². The number of nitrogens with zero attached hydrogens (tertiary/aromatic N) is 1. The maximum Gasteiger partial charge on any atom is 0.228 e. The van der Waals surface area contributed by atoms with Crippen LogP contribution >= 0.6 is 15.9 Å². The monoisotopic (exact) mass is 270 g/mol. The number of halogens is 1. The van der Waals surface area contributed by atoms with Gasteiger partial charge in [-0.15, -0.1) is 0 Å². The molecule has 1 fully saturated rings. The van der Waals surface area contributed by atoms with Gasteiger partial charge in [0, 0.05) is 36.6 Å². The number of aromatic nitrogens is 1. The van der Waals surface area contributed by atoms with Gasteiger partial charge in [-0.05, 0) is 5.92 Å². The third-order valence-corrected chi connectivity index (χ3v) is 3.39. The number of H-pyrrole nitrogens is 1. The van der Waals surface area contributed by atoms with Gasteiger partial charge < -0.3 is 4.98 Å². The molecule has 1 N–H and O–H groups in total. The Kier molecular flexibility index (Phi) is 2.90. The molecule has 1 aliphatic rings. The largest absolute Gasteiger partial charge is 0.348 e. The van der Waals surface area contributed by atoms with E-state index in [4.69, 9.17) is 0 Å². The van der Waals surface area contributed by atoms with Crippen LogP contribution in [-0.2, 0) is 4.79 Å². The topological polar surface area (TPSA) is 53.2 Å². The molecule has 5 heteroatoms. The van der Waals surface area contributed by atoms with Gasteiger partial charge in [0.2, 0.25) is 5.91 Å². The fraction of sp³-hybridized carbons (Fsp3) is 0.400. The zero-order valence-electron chi connectivity index (χ0n) is 8.07. The molecule has 0 spiro atoms. The molecule has 0 radical (unpaired) electrons. The first-order chi connectivity index (χ1) is 7.20. The van der Waals surface area contributed by atoms with Crippen LogP contribution in [0.2, 0.25) is 0 Å². The summed E-state index contributed by atoms with van der Waals surface area (Å²) in [6.45, 7) is 0.671. The Morgan fingerprint density at radius 1 is 1.53 bits per heavy atom. The molecule has 0 bridgehead atoms. The molecule has 1 unspecified atom stereocenters. The molecular formula is C10H11BrN2O2. The summed E-state index contributed by atoms with van der Waals surface area (Å²) in [5, 5.41) is 0.812. The standard InChI is InChI=1S/C10H11BrN2O2/c11-5-7-3-10(15)13(6-7)9-4-8(14)1-2-12-9/h1-2,4,7H,3,5-6H2,(H,12,14). The highest BCUT2D eigenvalue weighted by molar-refractivity contribution is 9.09. The Bertz CT molecular complexity index is 429. The summed E-state index contributed by atoms with van der Waals surface area (Å²) >= 11 is 3.37. The van der Waals surface area contributed by atoms with Gasteiger partial charge in [0.25, 0.3) is 0 Å². The molecule has 0 saturated carbocycles. The molecule has 1 saturated heterocycles. The average molecular weight is 271 g/mol. The summed E-state index contributed by atoms with van der Waals surface area (Å²) in [7, 11) is 0. The molecule has 4 nitrogen and oxygen atoms in total. The van der Waals surface area contributed by atoms with Crippen LogP contribution in [0.25, 0.3) is 0 Å². The number of carbonyl (C=O) groups is 1. The number of hydrogen-bond acceptors (Lipinski definition) is 2. The van der Waals surface area contributed by atoms with E-state index in [9.17, 15) is 9.59 Å². The maximum atomic E-state index is 11.6. The molecule has 1 amide bonds. The summed E-state index contributed by atoms with van der Waals surface area (Å²) in [6, 6.07) is 2.89. The second kappa shape index (κ2) is 4.18. The summed E-state index contributed by atoms with van der Waals surface area (Å²) in [5.41, 5.74) is -0.0844. The van der Waals surface area contributed by atoms with Crippen molar-refractivity contribution in [2.75, 3.05) is 16.8 Å². The first-order valence-corrected chi connectivity index (χ1v) is 5.88. The number of alkyl halides is 1. The molecule has 1 aliphatic heterocycles. The van der Waals surface area contributed by atoms with Crippen molar-refractivity contribution < 1.29 is 4.79 Å². The Balaban J connectivity index is 2.25. The Morgan fingerprint density at radius 3 is 2.93 bits per heavy atom. The number of aromatic amines is 1. The molecule has 80 valence electrons. The predicted octanol–water partition coefficient (Wildman–Crippen LogP) is 1.12. The smallest absolute Gasteiger partial charge is 0.228 e. The number of amides is 1. The molecule has 1 atom stereocenters. The van der Waals surface area contributed by atoms with Gasteiger partial charge in [-0.25, -0.2) is 0 Å². The fourth-order valence-corrected chi connectivity index (χ4v) is 2.14. The van der Waals surface area contributed by atoms with Gasteiger partial charge in [-0.1, -0.05) is 15.9 Å². The summed E-state index contributed by atoms with van der Waals surface area (Å²) in [5.74, 6) is 0.999. The van der Waals surface area contributed by atoms with Crippen molar-refractivity contribution in [1.82, 2.24) is 4.98 Å². The summed E-state index contributed by atoms with van der Waals surface area (Å²) < 4.78 is 0. The van der Waals surface area contributed by atoms with Crippen LogP contribution < -0.4 is 10.3 Å². The zero-order chi connectivity index (χ0) is 10.8. The number of anilines is 1. The second-order valence-corrected chi connectivity index (χ2v) is 4.29. The van der Waals surface area contributed by atoms with Gasteiger partial charge in [0.05, 0.1) is 0 Å². The van der Waals surface area contributed by atoms with Gasteiger partial charge in [-0.2, -0.15) is 0 Å². The quantitative estimate of drug-likeness (QED) is 0.819. The molecule has 0 aromatic carbocycles. The summed E-state index contributed by atoms with van der Waals surface area (Å²) in [6.07, 6.45) is 2.11. The van der Waals surface area contributed by atoms with Gasteiger partial charge in [0.1, 0.15) is 5.82 Å². The van der Waals surface area contributed by atoms with Crippen molar-refractivity contribution in [2.45, 2.75) is 6.42 Å². The van der Waals surface area contributed by atoms with E-state index in [1.54, 1.807) is 11.1 Å². The Labute approximate surface area is 95.4 Å². The third-order valence-electron chi connectivity index (χ3n) is 2.47. The lowest BCUT2D eigenvalue weighted by Crippen LogP contribution is -2.26. The van der Waals surface area contributed by atoms with Crippen LogP contribution in [-0.4, -0.2) is 22.8 Å². The van der Waals surface area contributed by atoms with E-state index in [0.717, 1.165) is 5.33 Å². The first-order valence-electron chi connectivity index (χ1n) is 4.76. The van der Waals surface area contributed by atoms with E-state index in [2.05, 4.69) is 20.9 Å². The van der Waals surface area contributed by atoms with Crippen LogP contribution in [0.4, 0.5) is 5.82 Å². The van der Waals surface area contributed by atoms with Crippen LogP contribution in [0.1, 0.15) is 6.42 Å². The molecular weight excluding hydrogens is 260 g/mol. The second-order valence-electron chi connectivity index (χ2n) is 3.64. The fourth-order valence-electron chi connectivity index (χ4n) is 1.71. The third kappa shape index (κ3) is 2.12. The van der Waals surface area contributed by atoms with E-state index in [1.165, 1.54) is 12.1 Å². The average Bonchev–Trinajstić information content (AvgIpc) is 2.60. The van der Waals surface area contributed by atoms with E-state index in [-0.39, 0.29) is 11.3 Å².